The van der Waals surface area contributed by atoms with Gasteiger partial charge >= 0.3 is 5.63 Å². The lowest BCUT2D eigenvalue weighted by molar-refractivity contribution is 0.434. The molecule has 3 heterocycles. The SMILES string of the molecule is Cc1coc(=O)c2cc(N3c4ccccc4C4(c5ccccc5Oc5ccccc54)c4ccccc43)ccc12. The molecule has 6 aromatic rings. The van der Waals surface area contributed by atoms with Crippen LogP contribution in [0.1, 0.15) is 27.8 Å². The van der Waals surface area contributed by atoms with E-state index in [9.17, 15) is 4.79 Å². The number of benzene rings is 5. The van der Waals surface area contributed by atoms with E-state index in [1.54, 1.807) is 0 Å². The van der Waals surface area contributed by atoms with Crippen molar-refractivity contribution in [2.75, 3.05) is 4.90 Å². The first-order valence-corrected chi connectivity index (χ1v) is 13.1. The molecule has 0 radical (unpaired) electrons. The molecule has 1 aromatic heterocycles. The lowest BCUT2D eigenvalue weighted by atomic mass is 9.61. The Hall–Kier alpha value is -5.09. The summed E-state index contributed by atoms with van der Waals surface area (Å²) in [6.07, 6.45) is 1.53. The topological polar surface area (TPSA) is 42.7 Å². The molecule has 186 valence electrons. The minimum atomic E-state index is -0.582. The molecular formula is C35H23NO3. The van der Waals surface area contributed by atoms with E-state index < -0.39 is 5.41 Å². The fourth-order valence-corrected chi connectivity index (χ4v) is 6.55. The molecule has 0 aliphatic carbocycles. The number of hydrogen-bond acceptors (Lipinski definition) is 4. The van der Waals surface area contributed by atoms with Crippen LogP contribution in [-0.4, -0.2) is 0 Å². The van der Waals surface area contributed by atoms with E-state index in [-0.39, 0.29) is 5.63 Å². The second-order valence-electron chi connectivity index (χ2n) is 10.2. The summed E-state index contributed by atoms with van der Waals surface area (Å²) >= 11 is 0. The maximum atomic E-state index is 12.8. The Morgan fingerprint density at radius 3 is 1.77 bits per heavy atom. The van der Waals surface area contributed by atoms with Crippen molar-refractivity contribution >= 4 is 27.8 Å². The second kappa shape index (κ2) is 7.95. The molecule has 0 amide bonds. The van der Waals surface area contributed by atoms with Crippen LogP contribution in [0.5, 0.6) is 11.5 Å². The van der Waals surface area contributed by atoms with Crippen molar-refractivity contribution in [2.45, 2.75) is 12.3 Å². The van der Waals surface area contributed by atoms with Crippen molar-refractivity contribution in [3.8, 4) is 11.5 Å². The fourth-order valence-electron chi connectivity index (χ4n) is 6.55. The quantitative estimate of drug-likeness (QED) is 0.225. The van der Waals surface area contributed by atoms with Crippen molar-refractivity contribution < 1.29 is 9.15 Å². The van der Waals surface area contributed by atoms with Gasteiger partial charge in [-0.15, -0.1) is 0 Å². The molecule has 0 saturated carbocycles. The molecule has 1 spiro atoms. The van der Waals surface area contributed by atoms with Gasteiger partial charge in [0.05, 0.1) is 28.4 Å². The highest BCUT2D eigenvalue weighted by molar-refractivity contribution is 5.94. The van der Waals surface area contributed by atoms with Gasteiger partial charge in [-0.1, -0.05) is 78.9 Å². The number of aryl methyl sites for hydroxylation is 1. The van der Waals surface area contributed by atoms with Crippen LogP contribution in [0.4, 0.5) is 17.1 Å². The van der Waals surface area contributed by atoms with Crippen molar-refractivity contribution in [3.05, 3.63) is 160 Å². The third kappa shape index (κ3) is 2.86. The minimum Gasteiger partial charge on any atom is -0.457 e. The number of fused-ring (bicyclic) bond motifs is 9. The minimum absolute atomic E-state index is 0.334. The van der Waals surface area contributed by atoms with E-state index >= 15 is 0 Å². The normalized spacial score (nSPS) is 14.2. The maximum absolute atomic E-state index is 12.8. The van der Waals surface area contributed by atoms with Crippen LogP contribution in [0.3, 0.4) is 0 Å². The molecule has 0 bridgehead atoms. The van der Waals surface area contributed by atoms with Crippen molar-refractivity contribution in [1.29, 1.82) is 0 Å². The van der Waals surface area contributed by atoms with Crippen LogP contribution >= 0.6 is 0 Å². The van der Waals surface area contributed by atoms with Crippen LogP contribution in [0.2, 0.25) is 0 Å². The van der Waals surface area contributed by atoms with E-state index in [4.69, 9.17) is 9.15 Å². The lowest BCUT2D eigenvalue weighted by Gasteiger charge is -2.48. The highest BCUT2D eigenvalue weighted by Gasteiger charge is 2.50. The van der Waals surface area contributed by atoms with E-state index in [0.717, 1.165) is 61.8 Å². The Morgan fingerprint density at radius 2 is 1.15 bits per heavy atom. The lowest BCUT2D eigenvalue weighted by Crippen LogP contribution is -2.39. The summed E-state index contributed by atoms with van der Waals surface area (Å²) in [5, 5.41) is 1.47. The summed E-state index contributed by atoms with van der Waals surface area (Å²) in [6.45, 7) is 1.96. The fraction of sp³-hybridized carbons (Fsp3) is 0.0571. The number of ether oxygens (including phenoxy) is 1. The van der Waals surface area contributed by atoms with Gasteiger partial charge in [0.1, 0.15) is 11.5 Å². The van der Waals surface area contributed by atoms with E-state index in [0.29, 0.717) is 5.39 Å². The van der Waals surface area contributed by atoms with Crippen LogP contribution in [-0.2, 0) is 5.41 Å². The molecule has 4 heteroatoms. The average molecular weight is 506 g/mol. The first kappa shape index (κ1) is 21.9. The molecule has 4 nitrogen and oxygen atoms in total. The molecule has 0 unspecified atom stereocenters. The Balaban J connectivity index is 1.50. The largest absolute Gasteiger partial charge is 0.457 e. The summed E-state index contributed by atoms with van der Waals surface area (Å²) in [7, 11) is 0. The Labute approximate surface area is 225 Å². The van der Waals surface area contributed by atoms with E-state index in [2.05, 4.69) is 95.9 Å². The monoisotopic (exact) mass is 505 g/mol. The zero-order chi connectivity index (χ0) is 26.1. The van der Waals surface area contributed by atoms with Gasteiger partial charge in [-0.05, 0) is 65.4 Å². The number of anilines is 3. The van der Waals surface area contributed by atoms with Gasteiger partial charge in [0.25, 0.3) is 0 Å². The highest BCUT2D eigenvalue weighted by Crippen LogP contribution is 2.62. The van der Waals surface area contributed by atoms with Crippen molar-refractivity contribution in [2.24, 2.45) is 0 Å². The van der Waals surface area contributed by atoms with Crippen LogP contribution < -0.4 is 15.3 Å². The molecule has 0 atom stereocenters. The van der Waals surface area contributed by atoms with Crippen LogP contribution in [0.15, 0.2) is 131 Å². The van der Waals surface area contributed by atoms with Gasteiger partial charge in [0.2, 0.25) is 0 Å². The third-order valence-corrected chi connectivity index (χ3v) is 8.15. The number of nitrogens with zero attached hydrogens (tertiary/aromatic N) is 1. The molecule has 0 fully saturated rings. The van der Waals surface area contributed by atoms with Gasteiger partial charge in [0, 0.05) is 16.8 Å². The number of rotatable bonds is 1. The van der Waals surface area contributed by atoms with Gasteiger partial charge in [-0.25, -0.2) is 4.79 Å². The third-order valence-electron chi connectivity index (χ3n) is 8.15. The summed E-state index contributed by atoms with van der Waals surface area (Å²) in [5.41, 5.74) is 7.57. The molecule has 0 N–H and O–H groups in total. The van der Waals surface area contributed by atoms with Gasteiger partial charge < -0.3 is 14.1 Å². The first-order chi connectivity index (χ1) is 19.2. The summed E-state index contributed by atoms with van der Waals surface area (Å²) < 4.78 is 11.8. The average Bonchev–Trinajstić information content (AvgIpc) is 2.99. The second-order valence-corrected chi connectivity index (χ2v) is 10.2. The van der Waals surface area contributed by atoms with Crippen molar-refractivity contribution in [1.82, 2.24) is 0 Å². The molecule has 39 heavy (non-hydrogen) atoms. The zero-order valence-electron chi connectivity index (χ0n) is 21.2. The zero-order valence-corrected chi connectivity index (χ0v) is 21.2. The Morgan fingerprint density at radius 1 is 0.615 bits per heavy atom. The molecule has 2 aliphatic rings. The molecule has 0 saturated heterocycles. The van der Waals surface area contributed by atoms with Crippen LogP contribution in [0.25, 0.3) is 10.8 Å². The van der Waals surface area contributed by atoms with Gasteiger partial charge in [0.15, 0.2) is 0 Å². The van der Waals surface area contributed by atoms with Crippen LogP contribution in [0, 0.1) is 6.92 Å². The summed E-state index contributed by atoms with van der Waals surface area (Å²) in [4.78, 5) is 15.0. The van der Waals surface area contributed by atoms with E-state index in [1.165, 1.54) is 6.26 Å². The Bertz CT molecular complexity index is 1910. The summed E-state index contributed by atoms with van der Waals surface area (Å²) in [5.74, 6) is 1.71. The molecule has 8 rings (SSSR count). The van der Waals surface area contributed by atoms with E-state index in [1.807, 2.05) is 31.2 Å². The first-order valence-electron chi connectivity index (χ1n) is 13.1. The molecular weight excluding hydrogens is 482 g/mol. The standard InChI is InChI=1S/C35H23NO3/c1-22-21-38-34(37)25-20-23(18-19-24(22)25)36-30-14-6-2-10-26(30)35(27-11-3-7-15-31(27)36)28-12-4-8-16-32(28)39-33-17-9-5-13-29(33)35/h2-21H,1H3. The van der Waals surface area contributed by atoms with Crippen molar-refractivity contribution in [3.63, 3.8) is 0 Å². The maximum Gasteiger partial charge on any atom is 0.343 e. The predicted molar refractivity (Wildman–Crippen MR) is 154 cm³/mol. The summed E-state index contributed by atoms with van der Waals surface area (Å²) in [6, 6.07) is 39.9. The van der Waals surface area contributed by atoms with Gasteiger partial charge in [-0.3, -0.25) is 0 Å². The molecule has 2 aliphatic heterocycles. The van der Waals surface area contributed by atoms with Gasteiger partial charge in [-0.2, -0.15) is 0 Å². The number of para-hydroxylation sites is 4. The molecule has 5 aromatic carbocycles. The Kier molecular flexibility index (Phi) is 4.48. The number of hydrogen-bond donors (Lipinski definition) is 0. The smallest absolute Gasteiger partial charge is 0.343 e. The predicted octanol–water partition coefficient (Wildman–Crippen LogP) is 8.37. The highest BCUT2D eigenvalue weighted by atomic mass is 16.5.